The number of hydrogen-bond acceptors (Lipinski definition) is 6. The minimum absolute atomic E-state index is 0.0672. The zero-order valence-corrected chi connectivity index (χ0v) is 16.5. The molecule has 138 valence electrons. The van der Waals surface area contributed by atoms with Crippen LogP contribution in [0.15, 0.2) is 29.2 Å². The number of thioether (sulfide) groups is 1. The van der Waals surface area contributed by atoms with Crippen molar-refractivity contribution in [2.45, 2.75) is 24.3 Å². The molecule has 0 bridgehead atoms. The third kappa shape index (κ3) is 4.90. The molecule has 0 radical (unpaired) electrons. The quantitative estimate of drug-likeness (QED) is 0.751. The van der Waals surface area contributed by atoms with E-state index < -0.39 is 0 Å². The van der Waals surface area contributed by atoms with Crippen molar-refractivity contribution in [3.8, 4) is 0 Å². The average molecular weight is 412 g/mol. The molecule has 9 heteroatoms. The van der Waals surface area contributed by atoms with E-state index in [0.717, 1.165) is 15.5 Å². The van der Waals surface area contributed by atoms with E-state index in [1.165, 1.54) is 18.4 Å². The summed E-state index contributed by atoms with van der Waals surface area (Å²) in [7, 11) is 1.37. The van der Waals surface area contributed by atoms with E-state index in [1.54, 1.807) is 16.7 Å². The van der Waals surface area contributed by atoms with Gasteiger partial charge in [-0.05, 0) is 24.3 Å². The molecule has 0 spiro atoms. The van der Waals surface area contributed by atoms with Crippen molar-refractivity contribution in [1.82, 2.24) is 9.88 Å². The Bertz CT molecular complexity index is 795. The molecule has 3 rings (SSSR count). The van der Waals surface area contributed by atoms with Crippen LogP contribution in [0.1, 0.15) is 17.0 Å². The lowest BCUT2D eigenvalue weighted by Crippen LogP contribution is -2.35. The maximum Gasteiger partial charge on any atom is 0.409 e. The molecule has 0 atom stereocenters. The van der Waals surface area contributed by atoms with E-state index in [1.807, 2.05) is 24.3 Å². The molecule has 0 fully saturated rings. The van der Waals surface area contributed by atoms with Crippen molar-refractivity contribution in [1.29, 1.82) is 0 Å². The first-order chi connectivity index (χ1) is 12.5. The number of rotatable bonds is 5. The number of halogens is 1. The van der Waals surface area contributed by atoms with Crippen LogP contribution in [0.2, 0.25) is 5.02 Å². The number of aromatic nitrogens is 1. The Morgan fingerprint density at radius 1 is 1.38 bits per heavy atom. The van der Waals surface area contributed by atoms with Gasteiger partial charge in [0, 0.05) is 39.9 Å². The summed E-state index contributed by atoms with van der Waals surface area (Å²) in [6.45, 7) is 1.05. The van der Waals surface area contributed by atoms with Crippen LogP contribution in [0.4, 0.5) is 9.93 Å². The van der Waals surface area contributed by atoms with Crippen LogP contribution < -0.4 is 5.32 Å². The third-order valence-electron chi connectivity index (χ3n) is 3.82. The Morgan fingerprint density at radius 3 is 2.88 bits per heavy atom. The molecule has 2 aromatic rings. The Hall–Kier alpha value is -1.77. The number of hydrogen-bond donors (Lipinski definition) is 1. The number of nitrogens with one attached hydrogen (secondary N) is 1. The highest BCUT2D eigenvalue weighted by Gasteiger charge is 2.24. The molecule has 2 amide bonds. The summed E-state index contributed by atoms with van der Waals surface area (Å²) < 4.78 is 4.76. The molecule has 0 saturated heterocycles. The van der Waals surface area contributed by atoms with Crippen LogP contribution in [0.25, 0.3) is 0 Å². The summed E-state index contributed by atoms with van der Waals surface area (Å²) in [6, 6.07) is 7.54. The van der Waals surface area contributed by atoms with E-state index in [4.69, 9.17) is 16.3 Å². The fraction of sp³-hybridized carbons (Fsp3) is 0.353. The van der Waals surface area contributed by atoms with E-state index in [-0.39, 0.29) is 12.0 Å². The Labute approximate surface area is 164 Å². The van der Waals surface area contributed by atoms with Gasteiger partial charge in [0.1, 0.15) is 0 Å². The van der Waals surface area contributed by atoms with Gasteiger partial charge in [-0.15, -0.1) is 11.8 Å². The standard InChI is InChI=1S/C17H18ClN3O3S2/c1-24-17(23)21-8-6-13-14(10-21)26-16(19-13)20-15(22)7-9-25-12-4-2-11(18)3-5-12/h2-5H,6-10H2,1H3,(H,19,20,22). The summed E-state index contributed by atoms with van der Waals surface area (Å²) in [5.74, 6) is 0.608. The maximum absolute atomic E-state index is 12.1. The third-order valence-corrected chi connectivity index (χ3v) is 6.09. The van der Waals surface area contributed by atoms with Crippen molar-refractivity contribution in [3.63, 3.8) is 0 Å². The van der Waals surface area contributed by atoms with Gasteiger partial charge in [-0.2, -0.15) is 0 Å². The summed E-state index contributed by atoms with van der Waals surface area (Å²) >= 11 is 8.88. The van der Waals surface area contributed by atoms with Crippen molar-refractivity contribution < 1.29 is 14.3 Å². The largest absolute Gasteiger partial charge is 0.453 e. The minimum atomic E-state index is -0.339. The van der Waals surface area contributed by atoms with E-state index in [0.29, 0.717) is 41.8 Å². The van der Waals surface area contributed by atoms with Gasteiger partial charge in [0.05, 0.1) is 19.3 Å². The van der Waals surface area contributed by atoms with Crippen molar-refractivity contribution in [2.75, 3.05) is 24.7 Å². The molecular weight excluding hydrogens is 394 g/mol. The molecule has 0 aliphatic carbocycles. The van der Waals surface area contributed by atoms with Crippen LogP contribution in [0, 0.1) is 0 Å². The van der Waals surface area contributed by atoms with Crippen LogP contribution in [-0.4, -0.2) is 41.3 Å². The summed E-state index contributed by atoms with van der Waals surface area (Å²) in [5, 5.41) is 4.14. The monoisotopic (exact) mass is 411 g/mol. The van der Waals surface area contributed by atoms with Crippen molar-refractivity contribution in [2.24, 2.45) is 0 Å². The zero-order chi connectivity index (χ0) is 18.5. The van der Waals surface area contributed by atoms with Gasteiger partial charge < -0.3 is 15.0 Å². The normalized spacial score (nSPS) is 13.2. The van der Waals surface area contributed by atoms with Crippen molar-refractivity contribution in [3.05, 3.63) is 39.9 Å². The fourth-order valence-electron chi connectivity index (χ4n) is 2.51. The number of nitrogens with zero attached hydrogens (tertiary/aromatic N) is 2. The molecule has 1 aliphatic rings. The topological polar surface area (TPSA) is 71.5 Å². The molecule has 26 heavy (non-hydrogen) atoms. The minimum Gasteiger partial charge on any atom is -0.453 e. The number of carbonyl (C=O) groups is 2. The summed E-state index contributed by atoms with van der Waals surface area (Å²) in [6.07, 6.45) is 0.726. The Kier molecular flexibility index (Phi) is 6.39. The van der Waals surface area contributed by atoms with Crippen LogP contribution in [-0.2, 0) is 22.5 Å². The molecule has 0 unspecified atom stereocenters. The number of carbonyl (C=O) groups excluding carboxylic acids is 2. The molecule has 1 aromatic carbocycles. The number of ether oxygens (including phenoxy) is 1. The van der Waals surface area contributed by atoms with Crippen LogP contribution in [0.3, 0.4) is 0 Å². The molecule has 6 nitrogen and oxygen atoms in total. The first-order valence-corrected chi connectivity index (χ1v) is 10.2. The second-order valence-corrected chi connectivity index (χ2v) is 8.32. The fourth-order valence-corrected chi connectivity index (χ4v) is 4.53. The Morgan fingerprint density at radius 2 is 2.15 bits per heavy atom. The summed E-state index contributed by atoms with van der Waals surface area (Å²) in [5.41, 5.74) is 0.945. The van der Waals surface area contributed by atoms with Crippen molar-refractivity contribution >= 4 is 51.8 Å². The van der Waals surface area contributed by atoms with Crippen LogP contribution >= 0.6 is 34.7 Å². The number of benzene rings is 1. The predicted molar refractivity (Wildman–Crippen MR) is 104 cm³/mol. The van der Waals surface area contributed by atoms with Crippen LogP contribution in [0.5, 0.6) is 0 Å². The number of fused-ring (bicyclic) bond motifs is 1. The zero-order valence-electron chi connectivity index (χ0n) is 14.2. The number of methoxy groups -OCH3 is 1. The molecular formula is C17H18ClN3O3S2. The van der Waals surface area contributed by atoms with Gasteiger partial charge >= 0.3 is 6.09 Å². The van der Waals surface area contributed by atoms with Gasteiger partial charge in [-0.25, -0.2) is 9.78 Å². The second kappa shape index (κ2) is 8.75. The predicted octanol–water partition coefficient (Wildman–Crippen LogP) is 4.04. The number of thiazole rings is 1. The first kappa shape index (κ1) is 19.0. The van der Waals surface area contributed by atoms with E-state index in [2.05, 4.69) is 10.3 Å². The van der Waals surface area contributed by atoms with E-state index >= 15 is 0 Å². The molecule has 1 N–H and O–H groups in total. The van der Waals surface area contributed by atoms with Gasteiger partial charge in [0.2, 0.25) is 5.91 Å². The summed E-state index contributed by atoms with van der Waals surface area (Å²) in [4.78, 5) is 31.9. The first-order valence-electron chi connectivity index (χ1n) is 8.05. The van der Waals surface area contributed by atoms with Gasteiger partial charge in [0.25, 0.3) is 0 Å². The van der Waals surface area contributed by atoms with Gasteiger partial charge in [0.15, 0.2) is 5.13 Å². The molecule has 1 aromatic heterocycles. The smallest absolute Gasteiger partial charge is 0.409 e. The number of anilines is 1. The second-order valence-electron chi connectivity index (χ2n) is 5.63. The lowest BCUT2D eigenvalue weighted by atomic mass is 10.2. The van der Waals surface area contributed by atoms with E-state index in [9.17, 15) is 9.59 Å². The lowest BCUT2D eigenvalue weighted by Gasteiger charge is -2.24. The average Bonchev–Trinajstić information content (AvgIpc) is 3.03. The Balaban J connectivity index is 1.48. The van der Waals surface area contributed by atoms with Gasteiger partial charge in [-0.1, -0.05) is 22.9 Å². The maximum atomic E-state index is 12.1. The van der Waals surface area contributed by atoms with Gasteiger partial charge in [-0.3, -0.25) is 4.79 Å². The lowest BCUT2D eigenvalue weighted by molar-refractivity contribution is -0.115. The molecule has 0 saturated carbocycles. The highest BCUT2D eigenvalue weighted by Crippen LogP contribution is 2.29. The highest BCUT2D eigenvalue weighted by molar-refractivity contribution is 7.99. The molecule has 2 heterocycles. The highest BCUT2D eigenvalue weighted by atomic mass is 35.5. The number of amides is 2. The SMILES string of the molecule is COC(=O)N1CCc2nc(NC(=O)CCSc3ccc(Cl)cc3)sc2C1. The molecule has 1 aliphatic heterocycles.